The van der Waals surface area contributed by atoms with Gasteiger partial charge < -0.3 is 14.7 Å². The highest BCUT2D eigenvalue weighted by Crippen LogP contribution is 2.12. The summed E-state index contributed by atoms with van der Waals surface area (Å²) in [6, 6.07) is 0. The van der Waals surface area contributed by atoms with E-state index in [-0.39, 0.29) is 6.42 Å². The van der Waals surface area contributed by atoms with Gasteiger partial charge in [-0.05, 0) is 27.2 Å². The number of aliphatic carboxylic acids is 1. The highest BCUT2D eigenvalue weighted by atomic mass is 16.6. The third kappa shape index (κ3) is 18.4. The largest absolute Gasteiger partial charge is 0.480 e. The standard InChI is InChI=1S/C23H43N3O5/c1-6-7-8-9-10-11-12-13-14-15-16-17-19(27)24-21(26(5)18-20(28)29)25-22(30)31-23(2,3)4/h6-18H2,1-5H3,(H,28,29)(H,24,25,27,30)/i5D3. The summed E-state index contributed by atoms with van der Waals surface area (Å²) >= 11 is 0. The fraction of sp³-hybridized carbons (Fsp3) is 0.826. The second-order valence-corrected chi connectivity index (χ2v) is 8.73. The Labute approximate surface area is 192 Å². The van der Waals surface area contributed by atoms with E-state index in [2.05, 4.69) is 17.2 Å². The third-order valence-electron chi connectivity index (χ3n) is 4.40. The Bertz CT molecular complexity index is 661. The molecule has 0 radical (unpaired) electrons. The lowest BCUT2D eigenvalue weighted by atomic mass is 10.1. The first-order valence-corrected chi connectivity index (χ1v) is 11.4. The monoisotopic (exact) mass is 444 g/mol. The summed E-state index contributed by atoms with van der Waals surface area (Å²) in [6.07, 6.45) is 11.3. The van der Waals surface area contributed by atoms with Gasteiger partial charge in [0.1, 0.15) is 12.1 Å². The van der Waals surface area contributed by atoms with Crippen molar-refractivity contribution in [1.82, 2.24) is 10.2 Å². The molecule has 0 saturated carbocycles. The van der Waals surface area contributed by atoms with Crippen molar-refractivity contribution in [3.05, 3.63) is 0 Å². The second-order valence-electron chi connectivity index (χ2n) is 8.73. The van der Waals surface area contributed by atoms with Crippen LogP contribution in [0.15, 0.2) is 4.99 Å². The summed E-state index contributed by atoms with van der Waals surface area (Å²) in [4.78, 5) is 39.6. The molecule has 0 aliphatic heterocycles. The molecule has 2 amide bonds. The van der Waals surface area contributed by atoms with E-state index in [0.29, 0.717) is 11.3 Å². The van der Waals surface area contributed by atoms with Crippen molar-refractivity contribution in [2.45, 2.75) is 110 Å². The van der Waals surface area contributed by atoms with Crippen LogP contribution in [0.2, 0.25) is 0 Å². The van der Waals surface area contributed by atoms with Gasteiger partial charge in [0.2, 0.25) is 11.9 Å². The molecule has 2 N–H and O–H groups in total. The molecule has 0 unspecified atom stereocenters. The van der Waals surface area contributed by atoms with E-state index in [0.717, 1.165) is 19.3 Å². The van der Waals surface area contributed by atoms with Crippen molar-refractivity contribution in [3.63, 3.8) is 0 Å². The van der Waals surface area contributed by atoms with Gasteiger partial charge in [0, 0.05) is 17.5 Å². The quantitative estimate of drug-likeness (QED) is 0.219. The fourth-order valence-electron chi connectivity index (χ4n) is 2.87. The number of nitrogens with zero attached hydrogens (tertiary/aromatic N) is 2. The molecule has 0 aromatic rings. The Morgan fingerprint density at radius 1 is 0.968 bits per heavy atom. The van der Waals surface area contributed by atoms with Crippen LogP contribution in [0.5, 0.6) is 0 Å². The number of carboxylic acid groups (broad SMARTS) is 1. The van der Waals surface area contributed by atoms with Crippen LogP contribution in [0.4, 0.5) is 4.79 Å². The molecule has 180 valence electrons. The number of hydrogen-bond donors (Lipinski definition) is 2. The van der Waals surface area contributed by atoms with Crippen molar-refractivity contribution in [3.8, 4) is 0 Å². The predicted molar refractivity (Wildman–Crippen MR) is 123 cm³/mol. The topological polar surface area (TPSA) is 108 Å². The molecule has 0 rings (SSSR count). The van der Waals surface area contributed by atoms with E-state index >= 15 is 0 Å². The number of carbonyl (C=O) groups is 3. The third-order valence-corrected chi connectivity index (χ3v) is 4.40. The van der Waals surface area contributed by atoms with Crippen LogP contribution in [0.25, 0.3) is 0 Å². The van der Waals surface area contributed by atoms with Gasteiger partial charge in [-0.15, -0.1) is 4.99 Å². The number of guanidine groups is 1. The Balaban J connectivity index is 4.77. The van der Waals surface area contributed by atoms with Gasteiger partial charge in [0.05, 0.1) is 0 Å². The zero-order chi connectivity index (χ0) is 26.2. The molecule has 0 aliphatic rings. The number of carbonyl (C=O) groups excluding carboxylic acids is 2. The first-order chi connectivity index (χ1) is 15.8. The summed E-state index contributed by atoms with van der Waals surface area (Å²) in [6.45, 7) is 3.09. The summed E-state index contributed by atoms with van der Waals surface area (Å²) in [5.41, 5.74) is -0.900. The normalized spacial score (nSPS) is 13.7. The molecule has 0 bridgehead atoms. The zero-order valence-electron chi connectivity index (χ0n) is 22.7. The van der Waals surface area contributed by atoms with E-state index < -0.39 is 43.1 Å². The van der Waals surface area contributed by atoms with Crippen LogP contribution < -0.4 is 5.32 Å². The number of hydrogen-bond acceptors (Lipinski definition) is 4. The minimum absolute atomic E-state index is 0.103. The molecule has 0 atom stereocenters. The molecular weight excluding hydrogens is 398 g/mol. The van der Waals surface area contributed by atoms with E-state index in [4.69, 9.17) is 14.0 Å². The fourth-order valence-corrected chi connectivity index (χ4v) is 2.87. The number of ether oxygens (including phenoxy) is 1. The van der Waals surface area contributed by atoms with Crippen molar-refractivity contribution < 1.29 is 28.3 Å². The Morgan fingerprint density at radius 3 is 1.94 bits per heavy atom. The van der Waals surface area contributed by atoms with Crippen LogP contribution in [0.1, 0.15) is 109 Å². The van der Waals surface area contributed by atoms with Gasteiger partial charge in [-0.25, -0.2) is 4.79 Å². The number of nitrogens with one attached hydrogen (secondary N) is 1. The number of unbranched alkanes of at least 4 members (excludes halogenated alkanes) is 10. The molecule has 0 fully saturated rings. The molecule has 31 heavy (non-hydrogen) atoms. The summed E-state index contributed by atoms with van der Waals surface area (Å²) in [5, 5.41) is 11.4. The predicted octanol–water partition coefficient (Wildman–Crippen LogP) is 5.11. The van der Waals surface area contributed by atoms with Gasteiger partial charge in [-0.1, -0.05) is 71.1 Å². The number of amides is 2. The van der Waals surface area contributed by atoms with Crippen molar-refractivity contribution in [2.75, 3.05) is 13.5 Å². The Morgan fingerprint density at radius 2 is 1.48 bits per heavy atom. The van der Waals surface area contributed by atoms with Crippen LogP contribution >= 0.6 is 0 Å². The average molecular weight is 445 g/mol. The molecule has 8 heteroatoms. The van der Waals surface area contributed by atoms with Gasteiger partial charge in [0.15, 0.2) is 0 Å². The number of likely N-dealkylation sites (N-methyl/N-ethyl adjacent to an activating group) is 1. The highest BCUT2D eigenvalue weighted by Gasteiger charge is 2.19. The molecule has 0 saturated heterocycles. The maximum atomic E-state index is 12.4. The molecule has 0 aromatic carbocycles. The lowest BCUT2D eigenvalue weighted by molar-refractivity contribution is -0.137. The molecule has 0 aliphatic carbocycles. The lowest BCUT2D eigenvalue weighted by Gasteiger charge is -2.21. The maximum absolute atomic E-state index is 12.4. The second kappa shape index (κ2) is 16.6. The van der Waals surface area contributed by atoms with Crippen molar-refractivity contribution in [2.24, 2.45) is 4.99 Å². The Kier molecular flexibility index (Phi) is 12.6. The summed E-state index contributed by atoms with van der Waals surface area (Å²) in [7, 11) is 0. The number of carboxylic acids is 1. The first kappa shape index (κ1) is 23.5. The minimum Gasteiger partial charge on any atom is -0.480 e. The lowest BCUT2D eigenvalue weighted by Crippen LogP contribution is -2.45. The van der Waals surface area contributed by atoms with Gasteiger partial charge in [0.25, 0.3) is 0 Å². The van der Waals surface area contributed by atoms with Crippen molar-refractivity contribution in [1.29, 1.82) is 0 Å². The summed E-state index contributed by atoms with van der Waals surface area (Å²) in [5.74, 6) is -2.66. The molecule has 0 heterocycles. The average Bonchev–Trinajstić information content (AvgIpc) is 2.67. The number of rotatable bonds is 14. The van der Waals surface area contributed by atoms with Crippen LogP contribution in [-0.2, 0) is 14.3 Å². The van der Waals surface area contributed by atoms with Gasteiger partial charge in [-0.2, -0.15) is 0 Å². The minimum atomic E-state index is -2.94. The van der Waals surface area contributed by atoms with E-state index in [1.165, 1.54) is 44.9 Å². The van der Waals surface area contributed by atoms with Gasteiger partial charge >= 0.3 is 12.1 Å². The molecule has 0 spiro atoms. The van der Waals surface area contributed by atoms with E-state index in [9.17, 15) is 14.4 Å². The zero-order valence-corrected chi connectivity index (χ0v) is 19.7. The van der Waals surface area contributed by atoms with E-state index in [1.54, 1.807) is 20.8 Å². The number of aliphatic imine (C=N–C) groups is 1. The van der Waals surface area contributed by atoms with Gasteiger partial charge in [-0.3, -0.25) is 14.9 Å². The molecule has 8 nitrogen and oxygen atoms in total. The first-order valence-electron chi connectivity index (χ1n) is 12.9. The SMILES string of the molecule is [2H]C([2H])([2H])N(CC(=O)O)/C(=N\C(=O)OC(C)(C)C)NC(=O)CCCCCCCCCCCCC. The molecule has 0 aromatic heterocycles. The maximum Gasteiger partial charge on any atom is 0.437 e. The van der Waals surface area contributed by atoms with Crippen LogP contribution in [0, 0.1) is 0 Å². The summed E-state index contributed by atoms with van der Waals surface area (Å²) < 4.78 is 27.8. The van der Waals surface area contributed by atoms with E-state index in [1.807, 2.05) is 0 Å². The Hall–Kier alpha value is -2.12. The van der Waals surface area contributed by atoms with Crippen molar-refractivity contribution >= 4 is 23.9 Å². The smallest absolute Gasteiger partial charge is 0.437 e. The molecular formula is C23H43N3O5. The van der Waals surface area contributed by atoms with Crippen LogP contribution in [-0.4, -0.2) is 53.1 Å². The highest BCUT2D eigenvalue weighted by molar-refractivity contribution is 6.01. The van der Waals surface area contributed by atoms with Crippen LogP contribution in [0.3, 0.4) is 0 Å².